The van der Waals surface area contributed by atoms with E-state index in [4.69, 9.17) is 18.9 Å². The molecule has 9 heteroatoms. The van der Waals surface area contributed by atoms with E-state index in [1.165, 1.54) is 321 Å². The summed E-state index contributed by atoms with van der Waals surface area (Å²) in [7, 11) is 5.95. The molecule has 534 valence electrons. The van der Waals surface area contributed by atoms with Gasteiger partial charge in [0.05, 0.1) is 40.3 Å². The van der Waals surface area contributed by atoms with Crippen molar-refractivity contribution in [1.29, 1.82) is 0 Å². The Morgan fingerprint density at radius 2 is 0.593 bits per heavy atom. The van der Waals surface area contributed by atoms with Crippen LogP contribution in [0.25, 0.3) is 0 Å². The van der Waals surface area contributed by atoms with Crippen molar-refractivity contribution in [2.24, 2.45) is 0 Å². The Kier molecular flexibility index (Phi) is 70.9. The molecule has 0 heterocycles. The lowest BCUT2D eigenvalue weighted by molar-refractivity contribution is -0.870. The van der Waals surface area contributed by atoms with E-state index in [-0.39, 0.29) is 32.2 Å². The second-order valence-electron chi connectivity index (χ2n) is 28.4. The highest BCUT2D eigenvalue weighted by atomic mass is 16.7. The molecule has 0 bridgehead atoms. The summed E-state index contributed by atoms with van der Waals surface area (Å²) in [6, 6.07) is 0. The summed E-state index contributed by atoms with van der Waals surface area (Å²) in [5.41, 5.74) is 0. The molecule has 0 saturated heterocycles. The minimum absolute atomic E-state index is 0.150. The molecule has 91 heavy (non-hydrogen) atoms. The van der Waals surface area contributed by atoms with E-state index >= 15 is 0 Å². The van der Waals surface area contributed by atoms with Crippen LogP contribution < -0.4 is 5.11 Å². The van der Waals surface area contributed by atoms with Crippen molar-refractivity contribution in [2.75, 3.05) is 47.5 Å². The molecule has 0 N–H and O–H groups in total. The Morgan fingerprint density at radius 3 is 0.868 bits per heavy atom. The number of likely N-dealkylation sites (N-methyl/N-ethyl adjacent to an activating group) is 1. The Bertz CT molecular complexity index is 1630. The maximum atomic E-state index is 13.0. The lowest BCUT2D eigenvalue weighted by Crippen LogP contribution is -2.44. The predicted molar refractivity (Wildman–Crippen MR) is 389 cm³/mol. The van der Waals surface area contributed by atoms with Gasteiger partial charge in [-0.25, -0.2) is 0 Å². The number of ether oxygens (including phenoxy) is 4. The van der Waals surface area contributed by atoms with Crippen molar-refractivity contribution >= 4 is 17.9 Å². The molecular weight excluding hydrogens is 1130 g/mol. The number of hydrogen-bond donors (Lipinski definition) is 0. The maximum Gasteiger partial charge on any atom is 0.306 e. The normalized spacial score (nSPS) is 12.8. The number of carbonyl (C=O) groups excluding carboxylic acids is 3. The zero-order valence-electron chi connectivity index (χ0n) is 61.2. The molecule has 0 aliphatic heterocycles. The second-order valence-corrected chi connectivity index (χ2v) is 28.4. The number of quaternary nitrogens is 1. The highest BCUT2D eigenvalue weighted by Crippen LogP contribution is 2.19. The third-order valence-corrected chi connectivity index (χ3v) is 18.0. The number of carboxylic acids is 1. The molecular formula is C82H153NO8. The zero-order chi connectivity index (χ0) is 66.1. The standard InChI is InChI=1S/C82H153NO8/c1-6-8-10-12-14-16-18-20-22-24-26-28-30-32-34-36-37-38-39-40-41-42-43-45-47-49-51-53-55-57-59-61-63-65-67-69-71-73-80(85)91-78(77-90-82(81(86)87)88-75-74-83(3,4)5)76-89-79(84)72-70-68-66-64-62-60-58-56-54-52-50-48-46-44-35-33-31-29-27-25-23-21-19-17-15-13-11-9-7-2/h18-21,24-27,78,82H,6-17,22-23,28-77H2,1-5H3/b20-18-,21-19-,26-24-,27-25-. The number of carbonyl (C=O) groups is 3. The molecule has 0 amide bonds. The summed E-state index contributed by atoms with van der Waals surface area (Å²) in [6.45, 7) is 4.80. The van der Waals surface area contributed by atoms with Gasteiger partial charge in [-0.05, 0) is 77.0 Å². The predicted octanol–water partition coefficient (Wildman–Crippen LogP) is 23.9. The van der Waals surface area contributed by atoms with Gasteiger partial charge in [0.25, 0.3) is 0 Å². The van der Waals surface area contributed by atoms with Crippen molar-refractivity contribution in [2.45, 2.75) is 411 Å². The number of carboxylic acid groups (broad SMARTS) is 1. The SMILES string of the molecule is CCCCCCC/C=C\C/C=C\CCCCCCCCCCCCCCCCCCCCCCCCCCCC(=O)OC(COC(=O)CCCCCCCCCCCCCCCCCCC/C=C\C/C=C\CCCCCCC)COC(OCC[N+](C)(C)C)C(=O)[O-]. The number of esters is 2. The Labute approximate surface area is 565 Å². The minimum atomic E-state index is -1.62. The van der Waals surface area contributed by atoms with E-state index in [0.29, 0.717) is 17.4 Å². The van der Waals surface area contributed by atoms with E-state index in [0.717, 1.165) is 51.4 Å². The minimum Gasteiger partial charge on any atom is -0.545 e. The van der Waals surface area contributed by atoms with Crippen molar-refractivity contribution in [3.8, 4) is 0 Å². The van der Waals surface area contributed by atoms with Gasteiger partial charge in [-0.15, -0.1) is 0 Å². The van der Waals surface area contributed by atoms with Crippen LogP contribution in [0.3, 0.4) is 0 Å². The molecule has 0 aliphatic carbocycles. The molecule has 0 saturated carbocycles. The topological polar surface area (TPSA) is 111 Å². The molecule has 2 atom stereocenters. The van der Waals surface area contributed by atoms with E-state index in [9.17, 15) is 19.5 Å². The smallest absolute Gasteiger partial charge is 0.306 e. The van der Waals surface area contributed by atoms with Crippen LogP contribution in [0.1, 0.15) is 399 Å². The van der Waals surface area contributed by atoms with Gasteiger partial charge in [0.15, 0.2) is 12.4 Å². The summed E-state index contributed by atoms with van der Waals surface area (Å²) in [6.07, 6.45) is 92.3. The Balaban J connectivity index is 3.97. The third-order valence-electron chi connectivity index (χ3n) is 18.0. The molecule has 2 unspecified atom stereocenters. The summed E-state index contributed by atoms with van der Waals surface area (Å²) < 4.78 is 22.9. The van der Waals surface area contributed by atoms with Crippen LogP contribution >= 0.6 is 0 Å². The first-order valence-corrected chi connectivity index (χ1v) is 39.8. The summed E-state index contributed by atoms with van der Waals surface area (Å²) in [5, 5.41) is 11.9. The van der Waals surface area contributed by atoms with E-state index in [1.54, 1.807) is 0 Å². The Hall–Kier alpha value is -2.75. The molecule has 0 spiro atoms. The van der Waals surface area contributed by atoms with Gasteiger partial charge in [-0.2, -0.15) is 0 Å². The first kappa shape index (κ1) is 88.2. The van der Waals surface area contributed by atoms with Crippen molar-refractivity contribution < 1.29 is 42.9 Å². The highest BCUT2D eigenvalue weighted by molar-refractivity contribution is 5.70. The molecule has 0 rings (SSSR count). The van der Waals surface area contributed by atoms with Crippen molar-refractivity contribution in [3.05, 3.63) is 48.6 Å². The van der Waals surface area contributed by atoms with Crippen LogP contribution in [0.5, 0.6) is 0 Å². The lowest BCUT2D eigenvalue weighted by atomic mass is 10.0. The van der Waals surface area contributed by atoms with Gasteiger partial charge in [-0.3, -0.25) is 9.59 Å². The molecule has 0 aromatic rings. The fourth-order valence-corrected chi connectivity index (χ4v) is 12.0. The number of nitrogens with zero attached hydrogens (tertiary/aromatic N) is 1. The summed E-state index contributed by atoms with van der Waals surface area (Å²) in [5.74, 6) is -2.25. The Morgan fingerprint density at radius 1 is 0.330 bits per heavy atom. The van der Waals surface area contributed by atoms with Crippen LogP contribution in [0.2, 0.25) is 0 Å². The molecule has 0 fully saturated rings. The number of aliphatic carboxylic acids is 1. The van der Waals surface area contributed by atoms with Gasteiger partial charge in [-0.1, -0.05) is 358 Å². The zero-order valence-corrected chi connectivity index (χ0v) is 61.2. The first-order valence-electron chi connectivity index (χ1n) is 39.8. The quantitative estimate of drug-likeness (QED) is 0.0195. The largest absolute Gasteiger partial charge is 0.545 e. The second kappa shape index (κ2) is 73.1. The number of allylic oxidation sites excluding steroid dienone is 8. The fourth-order valence-electron chi connectivity index (χ4n) is 12.0. The van der Waals surface area contributed by atoms with Crippen LogP contribution in [0, 0.1) is 0 Å². The van der Waals surface area contributed by atoms with Crippen LogP contribution in [-0.2, 0) is 33.3 Å². The van der Waals surface area contributed by atoms with Crippen LogP contribution in [-0.4, -0.2) is 82.3 Å². The number of hydrogen-bond acceptors (Lipinski definition) is 8. The maximum absolute atomic E-state index is 13.0. The van der Waals surface area contributed by atoms with Gasteiger partial charge in [0.1, 0.15) is 13.2 Å². The number of rotatable bonds is 75. The summed E-state index contributed by atoms with van der Waals surface area (Å²) in [4.78, 5) is 37.6. The fraction of sp³-hybridized carbons (Fsp3) is 0.866. The molecule has 0 aromatic carbocycles. The monoisotopic (exact) mass is 1280 g/mol. The van der Waals surface area contributed by atoms with Crippen LogP contribution in [0.4, 0.5) is 0 Å². The highest BCUT2D eigenvalue weighted by Gasteiger charge is 2.22. The van der Waals surface area contributed by atoms with Crippen molar-refractivity contribution in [3.63, 3.8) is 0 Å². The van der Waals surface area contributed by atoms with Gasteiger partial charge < -0.3 is 33.3 Å². The van der Waals surface area contributed by atoms with E-state index in [1.807, 2.05) is 21.1 Å². The van der Waals surface area contributed by atoms with Crippen LogP contribution in [0.15, 0.2) is 48.6 Å². The number of unbranched alkanes of at least 4 members (excludes halogenated alkanes) is 52. The average Bonchev–Trinajstić information content (AvgIpc) is 3.50. The molecule has 0 radical (unpaired) electrons. The first-order chi connectivity index (χ1) is 44.6. The molecule has 0 aliphatic rings. The van der Waals surface area contributed by atoms with Gasteiger partial charge in [0.2, 0.25) is 0 Å². The molecule has 9 nitrogen and oxygen atoms in total. The van der Waals surface area contributed by atoms with Gasteiger partial charge >= 0.3 is 11.9 Å². The summed E-state index contributed by atoms with van der Waals surface area (Å²) >= 11 is 0. The van der Waals surface area contributed by atoms with Crippen molar-refractivity contribution in [1.82, 2.24) is 0 Å². The van der Waals surface area contributed by atoms with E-state index in [2.05, 4.69) is 62.5 Å². The van der Waals surface area contributed by atoms with E-state index < -0.39 is 24.3 Å². The third kappa shape index (κ3) is 74.5. The van der Waals surface area contributed by atoms with Gasteiger partial charge in [0, 0.05) is 12.8 Å². The molecule has 0 aromatic heterocycles. The average molecular weight is 1280 g/mol. The lowest BCUT2D eigenvalue weighted by Gasteiger charge is -2.26.